The van der Waals surface area contributed by atoms with Crippen molar-refractivity contribution in [2.24, 2.45) is 16.8 Å². The minimum Gasteiger partial charge on any atom is -0.409 e. The number of carbonyl (C=O) groups excluding carboxylic acids is 1. The maximum atomic E-state index is 11.9. The van der Waals surface area contributed by atoms with Crippen LogP contribution in [0, 0.1) is 5.92 Å². The van der Waals surface area contributed by atoms with Crippen molar-refractivity contribution in [2.75, 3.05) is 13.6 Å². The molecule has 0 bridgehead atoms. The van der Waals surface area contributed by atoms with E-state index in [0.29, 0.717) is 13.0 Å². The van der Waals surface area contributed by atoms with Gasteiger partial charge < -0.3 is 15.8 Å². The Morgan fingerprint density at radius 3 is 2.47 bits per heavy atom. The summed E-state index contributed by atoms with van der Waals surface area (Å²) in [5.74, 6) is -0.560. The zero-order valence-electron chi connectivity index (χ0n) is 9.73. The van der Waals surface area contributed by atoms with Gasteiger partial charge in [-0.1, -0.05) is 25.4 Å². The molecule has 0 saturated carbocycles. The monoisotopic (exact) mass is 215 g/mol. The van der Waals surface area contributed by atoms with Crippen LogP contribution in [0.5, 0.6) is 0 Å². The van der Waals surface area contributed by atoms with E-state index in [4.69, 9.17) is 10.9 Å². The Kier molecular flexibility index (Phi) is 6.49. The van der Waals surface area contributed by atoms with Gasteiger partial charge in [-0.15, -0.1) is 0 Å². The van der Waals surface area contributed by atoms with E-state index in [9.17, 15) is 4.79 Å². The molecule has 0 aliphatic heterocycles. The van der Waals surface area contributed by atoms with Crippen LogP contribution in [0.25, 0.3) is 0 Å². The summed E-state index contributed by atoms with van der Waals surface area (Å²) in [7, 11) is 1.74. The molecular formula is C10H21N3O2. The maximum absolute atomic E-state index is 11.9. The first kappa shape index (κ1) is 13.7. The Morgan fingerprint density at radius 2 is 2.07 bits per heavy atom. The van der Waals surface area contributed by atoms with Crippen molar-refractivity contribution in [1.82, 2.24) is 4.90 Å². The number of oxime groups is 1. The highest BCUT2D eigenvalue weighted by atomic mass is 16.4. The van der Waals surface area contributed by atoms with Gasteiger partial charge in [0.05, 0.1) is 5.92 Å². The maximum Gasteiger partial charge on any atom is 0.233 e. The van der Waals surface area contributed by atoms with Gasteiger partial charge >= 0.3 is 0 Å². The van der Waals surface area contributed by atoms with Crippen LogP contribution in [0.2, 0.25) is 0 Å². The topological polar surface area (TPSA) is 78.9 Å². The molecule has 88 valence electrons. The molecule has 1 atom stereocenters. The number of amidine groups is 1. The third kappa shape index (κ3) is 4.18. The second-order valence-electron chi connectivity index (χ2n) is 3.63. The molecule has 0 radical (unpaired) electrons. The second kappa shape index (κ2) is 7.09. The number of rotatable bonds is 6. The van der Waals surface area contributed by atoms with Crippen LogP contribution in [0.4, 0.5) is 0 Å². The number of nitrogens with zero attached hydrogens (tertiary/aromatic N) is 2. The molecule has 0 aliphatic rings. The average molecular weight is 215 g/mol. The molecule has 5 nitrogen and oxygen atoms in total. The van der Waals surface area contributed by atoms with Gasteiger partial charge in [-0.2, -0.15) is 0 Å². The van der Waals surface area contributed by atoms with Gasteiger partial charge in [0.1, 0.15) is 0 Å². The number of hydrogen-bond acceptors (Lipinski definition) is 3. The van der Waals surface area contributed by atoms with Crippen molar-refractivity contribution in [3.05, 3.63) is 0 Å². The fourth-order valence-electron chi connectivity index (χ4n) is 1.47. The van der Waals surface area contributed by atoms with Gasteiger partial charge in [0.2, 0.25) is 5.91 Å². The van der Waals surface area contributed by atoms with Crippen molar-refractivity contribution >= 4 is 11.7 Å². The summed E-state index contributed by atoms with van der Waals surface area (Å²) in [6.45, 7) is 4.66. The summed E-state index contributed by atoms with van der Waals surface area (Å²) in [5.41, 5.74) is 5.49. The van der Waals surface area contributed by atoms with Gasteiger partial charge in [-0.05, 0) is 12.8 Å². The molecule has 0 rings (SSSR count). The molecular weight excluding hydrogens is 194 g/mol. The minimum absolute atomic E-state index is 0.00445. The Balaban J connectivity index is 4.54. The van der Waals surface area contributed by atoms with E-state index in [-0.39, 0.29) is 11.7 Å². The SMILES string of the molecule is CCCC(C(=O)N(C)CCC)C(N)=NO. The minimum atomic E-state index is -0.489. The Hall–Kier alpha value is -1.26. The van der Waals surface area contributed by atoms with Crippen molar-refractivity contribution in [1.29, 1.82) is 0 Å². The Morgan fingerprint density at radius 1 is 1.47 bits per heavy atom. The van der Waals surface area contributed by atoms with E-state index >= 15 is 0 Å². The summed E-state index contributed by atoms with van der Waals surface area (Å²) < 4.78 is 0. The summed E-state index contributed by atoms with van der Waals surface area (Å²) in [6, 6.07) is 0. The van der Waals surface area contributed by atoms with Crippen LogP contribution in [0.1, 0.15) is 33.1 Å². The second-order valence-corrected chi connectivity index (χ2v) is 3.63. The summed E-state index contributed by atoms with van der Waals surface area (Å²) in [5, 5.41) is 11.5. The van der Waals surface area contributed by atoms with Crippen molar-refractivity contribution in [2.45, 2.75) is 33.1 Å². The molecule has 5 heteroatoms. The van der Waals surface area contributed by atoms with E-state index in [1.54, 1.807) is 11.9 Å². The molecule has 0 aromatic carbocycles. The van der Waals surface area contributed by atoms with Crippen LogP contribution in [-0.4, -0.2) is 35.4 Å². The Bertz CT molecular complexity index is 229. The summed E-state index contributed by atoms with van der Waals surface area (Å²) in [4.78, 5) is 13.5. The molecule has 3 N–H and O–H groups in total. The number of hydrogen-bond donors (Lipinski definition) is 2. The smallest absolute Gasteiger partial charge is 0.233 e. The van der Waals surface area contributed by atoms with Gasteiger partial charge in [0, 0.05) is 13.6 Å². The zero-order chi connectivity index (χ0) is 11.8. The number of nitrogens with two attached hydrogens (primary N) is 1. The quantitative estimate of drug-likeness (QED) is 0.300. The zero-order valence-corrected chi connectivity index (χ0v) is 9.73. The highest BCUT2D eigenvalue weighted by Crippen LogP contribution is 2.10. The van der Waals surface area contributed by atoms with E-state index in [0.717, 1.165) is 12.8 Å². The average Bonchev–Trinajstić information content (AvgIpc) is 2.24. The molecule has 0 saturated heterocycles. The fourth-order valence-corrected chi connectivity index (χ4v) is 1.47. The highest BCUT2D eigenvalue weighted by Gasteiger charge is 2.24. The normalized spacial score (nSPS) is 13.7. The molecule has 0 aromatic heterocycles. The third-order valence-electron chi connectivity index (χ3n) is 2.28. The molecule has 0 heterocycles. The van der Waals surface area contributed by atoms with Gasteiger partial charge in [-0.3, -0.25) is 4.79 Å². The molecule has 0 fully saturated rings. The van der Waals surface area contributed by atoms with Crippen molar-refractivity contribution in [3.63, 3.8) is 0 Å². The van der Waals surface area contributed by atoms with Gasteiger partial charge in [0.25, 0.3) is 0 Å². The van der Waals surface area contributed by atoms with Crippen LogP contribution in [0.3, 0.4) is 0 Å². The van der Waals surface area contributed by atoms with Gasteiger partial charge in [-0.25, -0.2) is 0 Å². The van der Waals surface area contributed by atoms with Gasteiger partial charge in [0.15, 0.2) is 5.84 Å². The number of amides is 1. The molecule has 15 heavy (non-hydrogen) atoms. The molecule has 0 aliphatic carbocycles. The number of carbonyl (C=O) groups is 1. The van der Waals surface area contributed by atoms with Crippen LogP contribution >= 0.6 is 0 Å². The molecule has 1 unspecified atom stereocenters. The lowest BCUT2D eigenvalue weighted by Crippen LogP contribution is -2.40. The van der Waals surface area contributed by atoms with E-state index in [2.05, 4.69) is 5.16 Å². The van der Waals surface area contributed by atoms with Crippen LogP contribution < -0.4 is 5.73 Å². The first-order valence-corrected chi connectivity index (χ1v) is 5.30. The van der Waals surface area contributed by atoms with Crippen molar-refractivity contribution in [3.8, 4) is 0 Å². The lowest BCUT2D eigenvalue weighted by molar-refractivity contribution is -0.132. The largest absolute Gasteiger partial charge is 0.409 e. The molecule has 0 spiro atoms. The lowest BCUT2D eigenvalue weighted by atomic mass is 10.0. The fraction of sp³-hybridized carbons (Fsp3) is 0.800. The standard InChI is InChI=1S/C10H21N3O2/c1-4-6-8(9(11)12-15)10(14)13(3)7-5-2/h8,15H,4-7H2,1-3H3,(H2,11,12). The van der Waals surface area contributed by atoms with E-state index in [1.165, 1.54) is 0 Å². The van der Waals surface area contributed by atoms with Crippen LogP contribution in [-0.2, 0) is 4.79 Å². The molecule has 1 amide bonds. The van der Waals surface area contributed by atoms with Crippen LogP contribution in [0.15, 0.2) is 5.16 Å². The van der Waals surface area contributed by atoms with Crippen molar-refractivity contribution < 1.29 is 10.0 Å². The predicted octanol–water partition coefficient (Wildman–Crippen LogP) is 1.02. The first-order valence-electron chi connectivity index (χ1n) is 5.30. The van der Waals surface area contributed by atoms with E-state index in [1.807, 2.05) is 13.8 Å². The summed E-state index contributed by atoms with van der Waals surface area (Å²) in [6.07, 6.45) is 2.34. The first-order chi connectivity index (χ1) is 7.08. The Labute approximate surface area is 90.9 Å². The lowest BCUT2D eigenvalue weighted by Gasteiger charge is -2.22. The third-order valence-corrected chi connectivity index (χ3v) is 2.28. The predicted molar refractivity (Wildman–Crippen MR) is 59.7 cm³/mol. The highest BCUT2D eigenvalue weighted by molar-refractivity contribution is 6.01. The summed E-state index contributed by atoms with van der Waals surface area (Å²) >= 11 is 0. The molecule has 0 aromatic rings. The van der Waals surface area contributed by atoms with E-state index < -0.39 is 5.92 Å².